The zero-order valence-corrected chi connectivity index (χ0v) is 10.2. The molecule has 1 aromatic carbocycles. The average molecular weight is 222 g/mol. The van der Waals surface area contributed by atoms with E-state index in [1.165, 1.54) is 0 Å². The van der Waals surface area contributed by atoms with Crippen molar-refractivity contribution in [2.75, 3.05) is 25.4 Å². The number of benzene rings is 1. The molecule has 90 valence electrons. The number of aliphatic hydroxyl groups is 1. The summed E-state index contributed by atoms with van der Waals surface area (Å²) in [5.41, 5.74) is 7.30. The standard InChI is InChI=1S/C13H22N2O/c1-3-15(4-2)9-8-13(16)11-6-5-7-12(14)10-11/h5-7,10,13,16H,3-4,8-9,14H2,1-2H3. The van der Waals surface area contributed by atoms with Crippen LogP contribution in [0.1, 0.15) is 31.9 Å². The molecule has 0 aliphatic carbocycles. The molecule has 3 nitrogen and oxygen atoms in total. The fraction of sp³-hybridized carbons (Fsp3) is 0.538. The molecule has 1 rings (SSSR count). The first-order chi connectivity index (χ1) is 7.67. The van der Waals surface area contributed by atoms with E-state index in [0.29, 0.717) is 5.69 Å². The van der Waals surface area contributed by atoms with E-state index in [1.807, 2.05) is 24.3 Å². The van der Waals surface area contributed by atoms with Crippen LogP contribution in [-0.2, 0) is 0 Å². The molecular weight excluding hydrogens is 200 g/mol. The van der Waals surface area contributed by atoms with Gasteiger partial charge < -0.3 is 15.7 Å². The van der Waals surface area contributed by atoms with Crippen LogP contribution in [-0.4, -0.2) is 29.6 Å². The van der Waals surface area contributed by atoms with Gasteiger partial charge in [-0.15, -0.1) is 0 Å². The first kappa shape index (κ1) is 13.0. The lowest BCUT2D eigenvalue weighted by Gasteiger charge is -2.20. The van der Waals surface area contributed by atoms with Gasteiger partial charge in [-0.25, -0.2) is 0 Å². The minimum atomic E-state index is -0.413. The van der Waals surface area contributed by atoms with Crippen LogP contribution in [0, 0.1) is 0 Å². The van der Waals surface area contributed by atoms with E-state index in [0.717, 1.165) is 31.6 Å². The number of hydrogen-bond acceptors (Lipinski definition) is 3. The van der Waals surface area contributed by atoms with E-state index in [1.54, 1.807) is 0 Å². The highest BCUT2D eigenvalue weighted by molar-refractivity contribution is 5.41. The summed E-state index contributed by atoms with van der Waals surface area (Å²) in [6.45, 7) is 7.25. The van der Waals surface area contributed by atoms with Crippen molar-refractivity contribution in [3.05, 3.63) is 29.8 Å². The molecule has 0 radical (unpaired) electrons. The number of hydrogen-bond donors (Lipinski definition) is 2. The van der Waals surface area contributed by atoms with Crippen LogP contribution in [0.5, 0.6) is 0 Å². The predicted octanol–water partition coefficient (Wildman–Crippen LogP) is 2.03. The van der Waals surface area contributed by atoms with Crippen LogP contribution in [0.3, 0.4) is 0 Å². The van der Waals surface area contributed by atoms with Crippen LogP contribution in [0.4, 0.5) is 5.69 Å². The van der Waals surface area contributed by atoms with E-state index < -0.39 is 6.10 Å². The Hall–Kier alpha value is -1.06. The monoisotopic (exact) mass is 222 g/mol. The van der Waals surface area contributed by atoms with Gasteiger partial charge in [0.05, 0.1) is 6.10 Å². The number of nitrogen functional groups attached to an aromatic ring is 1. The van der Waals surface area contributed by atoms with Crippen LogP contribution in [0.25, 0.3) is 0 Å². The molecular formula is C13H22N2O. The predicted molar refractivity (Wildman–Crippen MR) is 68.2 cm³/mol. The Balaban J connectivity index is 2.49. The van der Waals surface area contributed by atoms with E-state index in [-0.39, 0.29) is 0 Å². The van der Waals surface area contributed by atoms with Crippen molar-refractivity contribution in [1.29, 1.82) is 0 Å². The molecule has 0 saturated carbocycles. The van der Waals surface area contributed by atoms with Crippen molar-refractivity contribution in [2.45, 2.75) is 26.4 Å². The molecule has 0 aromatic heterocycles. The Labute approximate surface area is 97.9 Å². The quantitative estimate of drug-likeness (QED) is 0.724. The fourth-order valence-electron chi connectivity index (χ4n) is 1.78. The summed E-state index contributed by atoms with van der Waals surface area (Å²) < 4.78 is 0. The molecule has 3 N–H and O–H groups in total. The largest absolute Gasteiger partial charge is 0.399 e. The number of anilines is 1. The van der Waals surface area contributed by atoms with Gasteiger partial charge in [-0.3, -0.25) is 0 Å². The van der Waals surface area contributed by atoms with E-state index >= 15 is 0 Å². The van der Waals surface area contributed by atoms with Crippen LogP contribution in [0.15, 0.2) is 24.3 Å². The number of nitrogens with zero attached hydrogens (tertiary/aromatic N) is 1. The van der Waals surface area contributed by atoms with Gasteiger partial charge in [0.25, 0.3) is 0 Å². The highest BCUT2D eigenvalue weighted by Crippen LogP contribution is 2.18. The summed E-state index contributed by atoms with van der Waals surface area (Å²) in [7, 11) is 0. The minimum absolute atomic E-state index is 0.413. The lowest BCUT2D eigenvalue weighted by molar-refractivity contribution is 0.145. The van der Waals surface area contributed by atoms with E-state index in [9.17, 15) is 5.11 Å². The molecule has 0 heterocycles. The zero-order chi connectivity index (χ0) is 12.0. The van der Waals surface area contributed by atoms with Crippen LogP contribution in [0.2, 0.25) is 0 Å². The molecule has 16 heavy (non-hydrogen) atoms. The third-order valence-electron chi connectivity index (χ3n) is 2.91. The second-order valence-electron chi connectivity index (χ2n) is 4.00. The molecule has 0 spiro atoms. The normalized spacial score (nSPS) is 13.0. The van der Waals surface area contributed by atoms with Crippen molar-refractivity contribution in [2.24, 2.45) is 0 Å². The summed E-state index contributed by atoms with van der Waals surface area (Å²) in [5, 5.41) is 10.0. The smallest absolute Gasteiger partial charge is 0.0803 e. The third kappa shape index (κ3) is 3.83. The van der Waals surface area contributed by atoms with Gasteiger partial charge in [0.15, 0.2) is 0 Å². The second-order valence-corrected chi connectivity index (χ2v) is 4.00. The maximum absolute atomic E-state index is 10.0. The molecule has 3 heteroatoms. The molecule has 1 aromatic rings. The topological polar surface area (TPSA) is 49.5 Å². The van der Waals surface area contributed by atoms with Crippen LogP contribution >= 0.6 is 0 Å². The second kappa shape index (κ2) is 6.51. The molecule has 0 fully saturated rings. The van der Waals surface area contributed by atoms with Gasteiger partial charge >= 0.3 is 0 Å². The Bertz CT molecular complexity index is 311. The van der Waals surface area contributed by atoms with Gasteiger partial charge in [-0.1, -0.05) is 26.0 Å². The van der Waals surface area contributed by atoms with Gasteiger partial charge in [0, 0.05) is 12.2 Å². The Morgan fingerprint density at radius 2 is 2.00 bits per heavy atom. The van der Waals surface area contributed by atoms with Crippen molar-refractivity contribution >= 4 is 5.69 Å². The third-order valence-corrected chi connectivity index (χ3v) is 2.91. The molecule has 0 aliphatic heterocycles. The Morgan fingerprint density at radius 3 is 2.56 bits per heavy atom. The lowest BCUT2D eigenvalue weighted by atomic mass is 10.1. The summed E-state index contributed by atoms with van der Waals surface area (Å²) in [6.07, 6.45) is 0.342. The van der Waals surface area contributed by atoms with Crippen molar-refractivity contribution in [3.8, 4) is 0 Å². The van der Waals surface area contributed by atoms with Crippen molar-refractivity contribution < 1.29 is 5.11 Å². The number of rotatable bonds is 6. The SMILES string of the molecule is CCN(CC)CCC(O)c1cccc(N)c1. The molecule has 0 bridgehead atoms. The Kier molecular flexibility index (Phi) is 5.29. The maximum Gasteiger partial charge on any atom is 0.0803 e. The van der Waals surface area contributed by atoms with Gasteiger partial charge in [-0.05, 0) is 37.2 Å². The van der Waals surface area contributed by atoms with Gasteiger partial charge in [-0.2, -0.15) is 0 Å². The highest BCUT2D eigenvalue weighted by Gasteiger charge is 2.09. The van der Waals surface area contributed by atoms with Gasteiger partial charge in [0.1, 0.15) is 0 Å². The summed E-state index contributed by atoms with van der Waals surface area (Å²) in [4.78, 5) is 2.30. The Morgan fingerprint density at radius 1 is 1.31 bits per heavy atom. The van der Waals surface area contributed by atoms with Crippen LogP contribution < -0.4 is 5.73 Å². The molecule has 0 saturated heterocycles. The number of nitrogens with two attached hydrogens (primary N) is 1. The van der Waals surface area contributed by atoms with Crippen molar-refractivity contribution in [3.63, 3.8) is 0 Å². The first-order valence-corrected chi connectivity index (χ1v) is 5.93. The molecule has 1 unspecified atom stereocenters. The number of aliphatic hydroxyl groups excluding tert-OH is 1. The summed E-state index contributed by atoms with van der Waals surface area (Å²) in [6, 6.07) is 7.47. The fourth-order valence-corrected chi connectivity index (χ4v) is 1.78. The minimum Gasteiger partial charge on any atom is -0.399 e. The molecule has 0 amide bonds. The maximum atomic E-state index is 10.0. The van der Waals surface area contributed by atoms with Gasteiger partial charge in [0.2, 0.25) is 0 Å². The van der Waals surface area contributed by atoms with E-state index in [4.69, 9.17) is 5.73 Å². The molecule has 1 atom stereocenters. The first-order valence-electron chi connectivity index (χ1n) is 5.93. The molecule has 0 aliphatic rings. The highest BCUT2D eigenvalue weighted by atomic mass is 16.3. The summed E-state index contributed by atoms with van der Waals surface area (Å²) >= 11 is 0. The van der Waals surface area contributed by atoms with Crippen molar-refractivity contribution in [1.82, 2.24) is 4.90 Å². The van der Waals surface area contributed by atoms with E-state index in [2.05, 4.69) is 18.7 Å². The lowest BCUT2D eigenvalue weighted by Crippen LogP contribution is -2.25. The average Bonchev–Trinajstić information content (AvgIpc) is 2.30. The zero-order valence-electron chi connectivity index (χ0n) is 10.2. The summed E-state index contributed by atoms with van der Waals surface area (Å²) in [5.74, 6) is 0.